The van der Waals surface area contributed by atoms with Crippen LogP contribution in [0.25, 0.3) is 0 Å². The molecular weight excluding hydrogens is 434 g/mol. The van der Waals surface area contributed by atoms with E-state index in [2.05, 4.69) is 51.4 Å². The highest BCUT2D eigenvalue weighted by Gasteiger charge is 2.40. The second kappa shape index (κ2) is 12.1. The monoisotopic (exact) mass is 479 g/mol. The van der Waals surface area contributed by atoms with Crippen molar-refractivity contribution in [1.29, 1.82) is 0 Å². The number of piperidine rings is 1. The van der Waals surface area contributed by atoms with E-state index in [1.807, 2.05) is 0 Å². The van der Waals surface area contributed by atoms with Gasteiger partial charge in [-0.1, -0.05) is 26.7 Å². The lowest BCUT2D eigenvalue weighted by Gasteiger charge is -2.42. The molecule has 0 aromatic heterocycles. The lowest BCUT2D eigenvalue weighted by Crippen LogP contribution is -2.65. The van der Waals surface area contributed by atoms with Gasteiger partial charge in [0.2, 0.25) is 11.8 Å². The summed E-state index contributed by atoms with van der Waals surface area (Å²) >= 11 is 0. The minimum Gasteiger partial charge on any atom is -0.356 e. The summed E-state index contributed by atoms with van der Waals surface area (Å²) in [4.78, 5) is 30.3. The molecule has 5 atom stereocenters. The van der Waals surface area contributed by atoms with Crippen LogP contribution < -0.4 is 37.6 Å². The van der Waals surface area contributed by atoms with Crippen molar-refractivity contribution < 1.29 is 14.4 Å². The SMILES string of the molecule is CC(C)(CNC(=O)CCCC1NC(C2CCNCC2)NO1)CNC1NNC(=O)C2CCCCC12. The highest BCUT2D eigenvalue weighted by Crippen LogP contribution is 2.33. The summed E-state index contributed by atoms with van der Waals surface area (Å²) in [6.07, 6.45) is 9.06. The average Bonchev–Trinajstić information content (AvgIpc) is 3.32. The minimum atomic E-state index is -0.0922. The van der Waals surface area contributed by atoms with Crippen molar-refractivity contribution in [3.63, 3.8) is 0 Å². The Morgan fingerprint density at radius 3 is 2.74 bits per heavy atom. The Bertz CT molecular complexity index is 685. The first-order valence-corrected chi connectivity index (χ1v) is 13.3. The van der Waals surface area contributed by atoms with Crippen LogP contribution in [0.4, 0.5) is 0 Å². The molecule has 3 aliphatic heterocycles. The van der Waals surface area contributed by atoms with E-state index in [1.165, 1.54) is 6.42 Å². The number of hydrogen-bond acceptors (Lipinski definition) is 8. The Morgan fingerprint density at radius 1 is 1.12 bits per heavy atom. The molecule has 0 aromatic rings. The van der Waals surface area contributed by atoms with Gasteiger partial charge in [0.15, 0.2) is 0 Å². The molecule has 3 saturated heterocycles. The lowest BCUT2D eigenvalue weighted by molar-refractivity contribution is -0.134. The quantitative estimate of drug-likeness (QED) is 0.240. The number of carbonyl (C=O) groups excluding carboxylic acids is 2. The van der Waals surface area contributed by atoms with E-state index < -0.39 is 0 Å². The zero-order valence-electron chi connectivity index (χ0n) is 20.9. The van der Waals surface area contributed by atoms with Gasteiger partial charge in [0.05, 0.1) is 12.3 Å². The van der Waals surface area contributed by atoms with E-state index in [-0.39, 0.29) is 41.7 Å². The molecule has 0 radical (unpaired) electrons. The molecule has 2 amide bonds. The van der Waals surface area contributed by atoms with Crippen molar-refractivity contribution in [2.45, 2.75) is 90.2 Å². The van der Waals surface area contributed by atoms with Gasteiger partial charge in [-0.05, 0) is 62.9 Å². The summed E-state index contributed by atoms with van der Waals surface area (Å²) in [5, 5.41) is 13.6. The van der Waals surface area contributed by atoms with Crippen LogP contribution in [-0.2, 0) is 14.4 Å². The van der Waals surface area contributed by atoms with Crippen LogP contribution in [0.1, 0.15) is 71.6 Å². The summed E-state index contributed by atoms with van der Waals surface area (Å²) in [7, 11) is 0. The third-order valence-electron chi connectivity index (χ3n) is 7.93. The van der Waals surface area contributed by atoms with Gasteiger partial charge in [0, 0.05) is 31.3 Å². The molecule has 10 nitrogen and oxygen atoms in total. The Morgan fingerprint density at radius 2 is 1.91 bits per heavy atom. The Balaban J connectivity index is 1.10. The number of hydroxylamine groups is 1. The van der Waals surface area contributed by atoms with Crippen LogP contribution in [0.15, 0.2) is 0 Å². The minimum absolute atomic E-state index is 0.0274. The van der Waals surface area contributed by atoms with Crippen LogP contribution >= 0.6 is 0 Å². The topological polar surface area (TPSA) is 128 Å². The first kappa shape index (κ1) is 25.8. The number of carbonyl (C=O) groups is 2. The molecule has 3 heterocycles. The number of hydrogen-bond donors (Lipinski definition) is 7. The van der Waals surface area contributed by atoms with Crippen LogP contribution in [0.2, 0.25) is 0 Å². The maximum Gasteiger partial charge on any atom is 0.237 e. The molecule has 0 bridgehead atoms. The van der Waals surface area contributed by atoms with Crippen molar-refractivity contribution in [1.82, 2.24) is 37.6 Å². The van der Waals surface area contributed by atoms with E-state index in [0.717, 1.165) is 64.6 Å². The van der Waals surface area contributed by atoms with Crippen LogP contribution in [0.5, 0.6) is 0 Å². The fraction of sp³-hybridized carbons (Fsp3) is 0.917. The normalized spacial score (nSPS) is 32.8. The summed E-state index contributed by atoms with van der Waals surface area (Å²) in [5.74, 6) is 1.26. The second-order valence-electron chi connectivity index (χ2n) is 11.3. The maximum atomic E-state index is 12.4. The molecule has 34 heavy (non-hydrogen) atoms. The largest absolute Gasteiger partial charge is 0.356 e. The first-order chi connectivity index (χ1) is 16.4. The molecule has 1 aliphatic carbocycles. The zero-order valence-corrected chi connectivity index (χ0v) is 20.9. The highest BCUT2D eigenvalue weighted by atomic mass is 16.7. The fourth-order valence-electron chi connectivity index (χ4n) is 5.73. The van der Waals surface area contributed by atoms with Gasteiger partial charge in [0.1, 0.15) is 6.23 Å². The maximum absolute atomic E-state index is 12.4. The van der Waals surface area contributed by atoms with Crippen LogP contribution in [0.3, 0.4) is 0 Å². The summed E-state index contributed by atoms with van der Waals surface area (Å²) in [6.45, 7) is 7.81. The molecule has 4 aliphatic rings. The van der Waals surface area contributed by atoms with E-state index >= 15 is 0 Å². The van der Waals surface area contributed by atoms with Gasteiger partial charge in [0.25, 0.3) is 0 Å². The van der Waals surface area contributed by atoms with E-state index in [9.17, 15) is 9.59 Å². The average molecular weight is 480 g/mol. The van der Waals surface area contributed by atoms with Gasteiger partial charge in [-0.2, -0.15) is 5.48 Å². The van der Waals surface area contributed by atoms with Crippen molar-refractivity contribution >= 4 is 11.8 Å². The lowest BCUT2D eigenvalue weighted by atomic mass is 9.76. The number of nitrogens with one attached hydrogen (secondary N) is 7. The summed E-state index contributed by atoms with van der Waals surface area (Å²) in [6, 6.07) is 0. The van der Waals surface area contributed by atoms with E-state index in [0.29, 0.717) is 24.8 Å². The van der Waals surface area contributed by atoms with Crippen molar-refractivity contribution in [3.05, 3.63) is 0 Å². The number of amides is 2. The fourth-order valence-corrected chi connectivity index (χ4v) is 5.73. The standard InChI is InChI=1S/C24H45N7O3/c1-24(2,15-27-22-17-6-3-4-7-18(17)23(33)30-29-22)14-26-19(32)8-5-9-20-28-21(31-34-20)16-10-12-25-13-11-16/h16-18,20-22,25,27-29,31H,3-15H2,1-2H3,(H,26,32)(H,30,33). The van der Waals surface area contributed by atoms with Crippen molar-refractivity contribution in [2.24, 2.45) is 23.2 Å². The van der Waals surface area contributed by atoms with Crippen molar-refractivity contribution in [2.75, 3.05) is 26.2 Å². The highest BCUT2D eigenvalue weighted by molar-refractivity contribution is 5.79. The number of fused-ring (bicyclic) bond motifs is 1. The molecular formula is C24H45N7O3. The third kappa shape index (κ3) is 7.11. The number of hydrazine groups is 1. The third-order valence-corrected chi connectivity index (χ3v) is 7.93. The number of rotatable bonds is 10. The zero-order chi connectivity index (χ0) is 24.0. The van der Waals surface area contributed by atoms with E-state index in [4.69, 9.17) is 4.84 Å². The molecule has 1 saturated carbocycles. The van der Waals surface area contributed by atoms with Crippen LogP contribution in [-0.4, -0.2) is 56.6 Å². The Labute approximate surface area is 203 Å². The molecule has 4 rings (SSSR count). The predicted molar refractivity (Wildman–Crippen MR) is 130 cm³/mol. The van der Waals surface area contributed by atoms with Gasteiger partial charge < -0.3 is 10.6 Å². The molecule has 4 fully saturated rings. The smallest absolute Gasteiger partial charge is 0.237 e. The predicted octanol–water partition coefficient (Wildman–Crippen LogP) is 0.432. The molecule has 194 valence electrons. The summed E-state index contributed by atoms with van der Waals surface area (Å²) < 4.78 is 0. The van der Waals surface area contributed by atoms with Gasteiger partial charge in [-0.3, -0.25) is 30.5 Å². The molecule has 10 heteroatoms. The van der Waals surface area contributed by atoms with Crippen molar-refractivity contribution in [3.8, 4) is 0 Å². The van der Waals surface area contributed by atoms with E-state index in [1.54, 1.807) is 0 Å². The second-order valence-corrected chi connectivity index (χ2v) is 11.3. The molecule has 0 aromatic carbocycles. The molecule has 5 unspecified atom stereocenters. The van der Waals surface area contributed by atoms with Gasteiger partial charge in [-0.25, -0.2) is 5.43 Å². The Hall–Kier alpha value is -1.30. The van der Waals surface area contributed by atoms with Gasteiger partial charge in [-0.15, -0.1) is 0 Å². The molecule has 0 spiro atoms. The summed E-state index contributed by atoms with van der Waals surface area (Å²) in [5.41, 5.74) is 9.06. The van der Waals surface area contributed by atoms with Crippen LogP contribution in [0, 0.1) is 23.2 Å². The first-order valence-electron chi connectivity index (χ1n) is 13.3. The molecule has 7 N–H and O–H groups in total. The van der Waals surface area contributed by atoms with Gasteiger partial charge >= 0.3 is 0 Å². The Kier molecular flexibility index (Phi) is 9.17.